The Morgan fingerprint density at radius 2 is 1.77 bits per heavy atom. The molecule has 1 aliphatic heterocycles. The van der Waals surface area contributed by atoms with Gasteiger partial charge in [0, 0.05) is 11.3 Å². The van der Waals surface area contributed by atoms with Crippen LogP contribution < -0.4 is 25.5 Å². The fourth-order valence-electron chi connectivity index (χ4n) is 3.67. The van der Waals surface area contributed by atoms with Crippen molar-refractivity contribution in [3.63, 3.8) is 0 Å². The summed E-state index contributed by atoms with van der Waals surface area (Å²) in [5.41, 5.74) is 4.63. The number of hydrogen-bond acceptors (Lipinski definition) is 9. The quantitative estimate of drug-likeness (QED) is 0.138. The minimum Gasteiger partial charge on any atom is -0.483 e. The van der Waals surface area contributed by atoms with Crippen LogP contribution in [0.1, 0.15) is 37.9 Å². The molecule has 212 valence electrons. The van der Waals surface area contributed by atoms with Crippen molar-refractivity contribution in [2.24, 2.45) is 5.10 Å². The van der Waals surface area contributed by atoms with E-state index in [1.807, 2.05) is 0 Å². The fraction of sp³-hybridized carbons (Fsp3) is 0.296. The monoisotopic (exact) mass is 632 g/mol. The summed E-state index contributed by atoms with van der Waals surface area (Å²) in [5, 5.41) is 10.3. The number of esters is 2. The van der Waals surface area contributed by atoms with E-state index in [2.05, 4.69) is 37.1 Å². The Labute approximate surface area is 245 Å². The summed E-state index contributed by atoms with van der Waals surface area (Å²) < 4.78 is 21.9. The van der Waals surface area contributed by atoms with Gasteiger partial charge in [-0.25, -0.2) is 15.0 Å². The number of hydrogen-bond donors (Lipinski definition) is 3. The number of para-hydroxylation sites is 1. The topological polar surface area (TPSA) is 137 Å². The number of carbonyl (C=O) groups excluding carboxylic acids is 3. The summed E-state index contributed by atoms with van der Waals surface area (Å²) >= 11 is 8.67. The van der Waals surface area contributed by atoms with E-state index in [0.29, 0.717) is 43.5 Å². The molecule has 1 heterocycles. The summed E-state index contributed by atoms with van der Waals surface area (Å²) in [6.45, 7) is 5.15. The molecular formula is C27H29BrN4O7S. The van der Waals surface area contributed by atoms with Gasteiger partial charge in [0.15, 0.2) is 18.3 Å². The Morgan fingerprint density at radius 3 is 2.50 bits per heavy atom. The molecule has 3 rings (SSSR count). The van der Waals surface area contributed by atoms with Crippen molar-refractivity contribution in [3.8, 4) is 11.5 Å². The van der Waals surface area contributed by atoms with Crippen LogP contribution in [0.2, 0.25) is 0 Å². The molecule has 0 bridgehead atoms. The zero-order valence-electron chi connectivity index (χ0n) is 22.1. The molecule has 0 aromatic heterocycles. The van der Waals surface area contributed by atoms with Gasteiger partial charge < -0.3 is 29.6 Å². The molecule has 0 saturated carbocycles. The molecular weight excluding hydrogens is 604 g/mol. The molecule has 2 aromatic carbocycles. The molecule has 0 spiro atoms. The van der Waals surface area contributed by atoms with Gasteiger partial charge in [-0.3, -0.25) is 4.79 Å². The van der Waals surface area contributed by atoms with Crippen LogP contribution in [0.25, 0.3) is 0 Å². The maximum absolute atomic E-state index is 12.7. The third-order valence-corrected chi connectivity index (χ3v) is 6.20. The highest BCUT2D eigenvalue weighted by atomic mass is 79.9. The number of carbonyl (C=O) groups is 3. The van der Waals surface area contributed by atoms with Gasteiger partial charge in [-0.2, -0.15) is 5.10 Å². The largest absolute Gasteiger partial charge is 0.483 e. The van der Waals surface area contributed by atoms with E-state index in [0.717, 1.165) is 0 Å². The van der Waals surface area contributed by atoms with E-state index in [1.54, 1.807) is 63.2 Å². The van der Waals surface area contributed by atoms with Crippen LogP contribution in [0.5, 0.6) is 11.5 Å². The molecule has 13 heteroatoms. The lowest BCUT2D eigenvalue weighted by Gasteiger charge is -2.30. The molecule has 0 saturated heterocycles. The number of ether oxygens (including phenoxy) is 4. The van der Waals surface area contributed by atoms with Crippen LogP contribution in [0.3, 0.4) is 0 Å². The molecule has 2 aromatic rings. The van der Waals surface area contributed by atoms with Gasteiger partial charge in [-0.05, 0) is 78.7 Å². The van der Waals surface area contributed by atoms with Gasteiger partial charge in [-0.1, -0.05) is 18.2 Å². The molecule has 1 aliphatic rings. The maximum Gasteiger partial charge on any atom is 0.344 e. The van der Waals surface area contributed by atoms with Crippen molar-refractivity contribution < 1.29 is 33.3 Å². The van der Waals surface area contributed by atoms with Crippen LogP contribution in [0.15, 0.2) is 63.3 Å². The summed E-state index contributed by atoms with van der Waals surface area (Å²) in [4.78, 5) is 36.6. The van der Waals surface area contributed by atoms with Crippen molar-refractivity contribution in [1.29, 1.82) is 0 Å². The molecule has 40 heavy (non-hydrogen) atoms. The Morgan fingerprint density at radius 1 is 1.05 bits per heavy atom. The first-order valence-electron chi connectivity index (χ1n) is 12.3. The number of rotatable bonds is 12. The number of nitrogens with zero attached hydrogens (tertiary/aromatic N) is 1. The lowest BCUT2D eigenvalue weighted by Crippen LogP contribution is -2.45. The SMILES string of the molecule is CCOC(=O)COc1ccc(C=NNC(=O)COc2ccccc2[C@@H]2NC(=S)NC(C)=C2C(=O)OCC)cc1Br. The van der Waals surface area contributed by atoms with Crippen molar-refractivity contribution in [2.75, 3.05) is 26.4 Å². The molecule has 0 fully saturated rings. The lowest BCUT2D eigenvalue weighted by atomic mass is 9.95. The Hall–Kier alpha value is -3.97. The lowest BCUT2D eigenvalue weighted by molar-refractivity contribution is -0.145. The predicted molar refractivity (Wildman–Crippen MR) is 155 cm³/mol. The Kier molecular flexibility index (Phi) is 11.5. The van der Waals surface area contributed by atoms with Crippen LogP contribution >= 0.6 is 28.1 Å². The maximum atomic E-state index is 12.7. The number of amides is 1. The van der Waals surface area contributed by atoms with Crippen LogP contribution in [0.4, 0.5) is 0 Å². The van der Waals surface area contributed by atoms with Crippen molar-refractivity contribution in [1.82, 2.24) is 16.1 Å². The van der Waals surface area contributed by atoms with Crippen molar-refractivity contribution in [2.45, 2.75) is 26.8 Å². The molecule has 1 atom stereocenters. The highest BCUT2D eigenvalue weighted by molar-refractivity contribution is 9.10. The smallest absolute Gasteiger partial charge is 0.344 e. The second-order valence-corrected chi connectivity index (χ2v) is 9.46. The van der Waals surface area contributed by atoms with E-state index in [1.165, 1.54) is 6.21 Å². The molecule has 1 amide bonds. The van der Waals surface area contributed by atoms with Crippen LogP contribution in [-0.4, -0.2) is 55.6 Å². The second kappa shape index (κ2) is 15.0. The first kappa shape index (κ1) is 30.6. The molecule has 0 unspecified atom stereocenters. The average Bonchev–Trinajstić information content (AvgIpc) is 2.91. The van der Waals surface area contributed by atoms with Gasteiger partial charge in [0.2, 0.25) is 0 Å². The second-order valence-electron chi connectivity index (χ2n) is 8.19. The number of nitrogens with one attached hydrogen (secondary N) is 3. The highest BCUT2D eigenvalue weighted by Gasteiger charge is 2.32. The van der Waals surface area contributed by atoms with Crippen LogP contribution in [-0.2, 0) is 23.9 Å². The van der Waals surface area contributed by atoms with E-state index in [4.69, 9.17) is 31.2 Å². The summed E-state index contributed by atoms with van der Waals surface area (Å²) in [6, 6.07) is 11.5. The zero-order valence-corrected chi connectivity index (χ0v) is 24.5. The first-order chi connectivity index (χ1) is 19.2. The normalized spacial score (nSPS) is 14.7. The van der Waals surface area contributed by atoms with Gasteiger partial charge in [0.25, 0.3) is 5.91 Å². The number of halogens is 1. The van der Waals surface area contributed by atoms with Crippen LogP contribution in [0, 0.1) is 0 Å². The van der Waals surface area contributed by atoms with Crippen molar-refractivity contribution >= 4 is 57.3 Å². The standard InChI is InChI=1S/C27H29BrN4O7S/c1-4-36-23(34)15-39-21-11-10-17(12-19(21)28)13-29-32-22(33)14-38-20-9-7-6-8-18(20)25-24(26(35)37-5-2)16(3)30-27(40)31-25/h6-13,25H,4-5,14-15H2,1-3H3,(H,32,33)(H2,30,31,40)/t25-/m0/s1. The fourth-order valence-corrected chi connectivity index (χ4v) is 4.45. The number of allylic oxidation sites excluding steroid dienone is 1. The van der Waals surface area contributed by atoms with E-state index in [9.17, 15) is 14.4 Å². The van der Waals surface area contributed by atoms with Gasteiger partial charge in [-0.15, -0.1) is 0 Å². The van der Waals surface area contributed by atoms with E-state index < -0.39 is 23.9 Å². The minimum absolute atomic E-state index is 0.209. The number of hydrazone groups is 1. The molecule has 0 aliphatic carbocycles. The Bertz CT molecular complexity index is 1330. The summed E-state index contributed by atoms with van der Waals surface area (Å²) in [5.74, 6) is -0.596. The predicted octanol–water partition coefficient (Wildman–Crippen LogP) is 3.28. The van der Waals surface area contributed by atoms with Gasteiger partial charge in [0.1, 0.15) is 11.5 Å². The molecule has 11 nitrogen and oxygen atoms in total. The van der Waals surface area contributed by atoms with Gasteiger partial charge >= 0.3 is 11.9 Å². The number of thiocarbonyl (C=S) groups is 1. The number of benzene rings is 2. The highest BCUT2D eigenvalue weighted by Crippen LogP contribution is 2.33. The Balaban J connectivity index is 1.61. The van der Waals surface area contributed by atoms with E-state index >= 15 is 0 Å². The average molecular weight is 634 g/mol. The first-order valence-corrected chi connectivity index (χ1v) is 13.5. The molecule has 0 radical (unpaired) electrons. The third-order valence-electron chi connectivity index (χ3n) is 5.36. The zero-order chi connectivity index (χ0) is 29.1. The summed E-state index contributed by atoms with van der Waals surface area (Å²) in [7, 11) is 0. The van der Waals surface area contributed by atoms with E-state index in [-0.39, 0.29) is 26.4 Å². The third kappa shape index (κ3) is 8.52. The minimum atomic E-state index is -0.632. The van der Waals surface area contributed by atoms with Gasteiger partial charge in [0.05, 0.1) is 35.5 Å². The molecule has 3 N–H and O–H groups in total. The van der Waals surface area contributed by atoms with Crippen molar-refractivity contribution in [3.05, 3.63) is 69.3 Å². The summed E-state index contributed by atoms with van der Waals surface area (Å²) in [6.07, 6.45) is 1.45.